The molecule has 0 spiro atoms. The van der Waals surface area contributed by atoms with Gasteiger partial charge in [0.05, 0.1) is 22.5 Å². The minimum absolute atomic E-state index is 0.0189. The van der Waals surface area contributed by atoms with Crippen LogP contribution in [-0.4, -0.2) is 99.1 Å². The number of hydrazone groups is 1. The number of hydrogen-bond acceptors (Lipinski definition) is 6. The lowest BCUT2D eigenvalue weighted by Gasteiger charge is -2.37. The number of aromatic nitrogens is 2. The maximum absolute atomic E-state index is 13.7. The van der Waals surface area contributed by atoms with Gasteiger partial charge in [-0.25, -0.2) is 4.98 Å². The third-order valence-corrected chi connectivity index (χ3v) is 8.06. The van der Waals surface area contributed by atoms with E-state index in [0.29, 0.717) is 26.2 Å². The number of piperazine rings is 1. The van der Waals surface area contributed by atoms with Gasteiger partial charge in [0.1, 0.15) is 5.57 Å². The summed E-state index contributed by atoms with van der Waals surface area (Å²) in [5, 5.41) is 9.56. The van der Waals surface area contributed by atoms with Gasteiger partial charge in [0.2, 0.25) is 24.0 Å². The Labute approximate surface area is 256 Å². The summed E-state index contributed by atoms with van der Waals surface area (Å²) in [6.45, 7) is 6.79. The van der Waals surface area contributed by atoms with Crippen molar-refractivity contribution in [1.82, 2.24) is 24.7 Å². The molecule has 1 aromatic heterocycles. The van der Waals surface area contributed by atoms with Crippen LogP contribution in [0.1, 0.15) is 39.5 Å². The van der Waals surface area contributed by atoms with Gasteiger partial charge in [-0.2, -0.15) is 13.2 Å². The Morgan fingerprint density at radius 1 is 1.14 bits per heavy atom. The maximum atomic E-state index is 13.7. The van der Waals surface area contributed by atoms with Crippen LogP contribution in [0.2, 0.25) is 5.02 Å². The molecule has 3 aliphatic rings. The molecule has 0 radical (unpaired) electrons. The molecule has 3 amide bonds. The van der Waals surface area contributed by atoms with Crippen LogP contribution in [0.5, 0.6) is 0 Å². The summed E-state index contributed by atoms with van der Waals surface area (Å²) >= 11 is 6.44. The zero-order valence-corrected chi connectivity index (χ0v) is 24.7. The van der Waals surface area contributed by atoms with Crippen molar-refractivity contribution >= 4 is 52.5 Å². The largest absolute Gasteiger partial charge is 0.440 e. The first-order chi connectivity index (χ1) is 21.0. The summed E-state index contributed by atoms with van der Waals surface area (Å²) in [5.74, 6) is -0.974. The van der Waals surface area contributed by atoms with Crippen LogP contribution in [0, 0.1) is 5.92 Å². The first kappa shape index (κ1) is 31.1. The Hall–Kier alpha value is -4.30. The maximum Gasteiger partial charge on any atom is 0.440 e. The van der Waals surface area contributed by atoms with Crippen molar-refractivity contribution in [3.63, 3.8) is 0 Å². The number of allylic oxidation sites excluding steroid dienone is 2. The third kappa shape index (κ3) is 6.45. The number of imidazole rings is 1. The summed E-state index contributed by atoms with van der Waals surface area (Å²) in [6.07, 6.45) is 1.78. The lowest BCUT2D eigenvalue weighted by atomic mass is 9.96. The lowest BCUT2D eigenvalue weighted by Crippen LogP contribution is -2.52. The number of amides is 3. The Balaban J connectivity index is 1.23. The fourth-order valence-corrected chi connectivity index (χ4v) is 5.69. The predicted octanol–water partition coefficient (Wildman–Crippen LogP) is 3.15. The van der Waals surface area contributed by atoms with Crippen LogP contribution in [0.25, 0.3) is 5.57 Å². The number of nitrogens with one attached hydrogen (secondary N) is 2. The average molecular weight is 632 g/mol. The van der Waals surface area contributed by atoms with Crippen molar-refractivity contribution in [3.05, 3.63) is 65.4 Å². The molecule has 5 rings (SSSR count). The summed E-state index contributed by atoms with van der Waals surface area (Å²) < 4.78 is 43.2. The highest BCUT2D eigenvalue weighted by Crippen LogP contribution is 2.32. The Bertz CT molecular complexity index is 1580. The van der Waals surface area contributed by atoms with E-state index in [1.54, 1.807) is 4.90 Å². The van der Waals surface area contributed by atoms with Gasteiger partial charge in [0.25, 0.3) is 11.8 Å². The molecule has 0 atom stereocenters. The number of alkyl halides is 3. The topological polar surface area (TPSA) is 115 Å². The number of halogens is 4. The van der Waals surface area contributed by atoms with Gasteiger partial charge in [0, 0.05) is 49.9 Å². The molecular formula is C29H31ClF3N8O3+. The zero-order valence-electron chi connectivity index (χ0n) is 23.9. The normalized spacial score (nSPS) is 18.7. The molecule has 11 nitrogen and oxygen atoms in total. The van der Waals surface area contributed by atoms with Crippen LogP contribution < -0.4 is 10.6 Å². The van der Waals surface area contributed by atoms with Gasteiger partial charge in [-0.15, -0.1) is 0 Å². The van der Waals surface area contributed by atoms with Crippen LogP contribution in [-0.2, 0) is 11.8 Å². The van der Waals surface area contributed by atoms with Gasteiger partial charge in [-0.05, 0) is 50.2 Å². The number of anilines is 1. The Morgan fingerprint density at radius 2 is 1.82 bits per heavy atom. The van der Waals surface area contributed by atoms with E-state index in [-0.39, 0.29) is 51.1 Å². The smallest absolute Gasteiger partial charge is 0.339 e. The molecule has 4 heterocycles. The molecule has 1 aromatic carbocycles. The Morgan fingerprint density at radius 3 is 2.45 bits per heavy atom. The zero-order chi connectivity index (χ0) is 31.6. The molecule has 0 bridgehead atoms. The number of nitrogens with zero attached hydrogens (tertiary/aromatic N) is 6. The molecule has 2 fully saturated rings. The van der Waals surface area contributed by atoms with Crippen molar-refractivity contribution < 1.29 is 32.2 Å². The van der Waals surface area contributed by atoms with Crippen LogP contribution in [0.15, 0.2) is 48.4 Å². The molecular weight excluding hydrogens is 601 g/mol. The van der Waals surface area contributed by atoms with Crippen molar-refractivity contribution in [3.8, 4) is 0 Å². The second kappa shape index (κ2) is 12.7. The first-order valence-electron chi connectivity index (χ1n) is 14.0. The molecule has 0 unspecified atom stereocenters. The van der Waals surface area contributed by atoms with E-state index in [1.165, 1.54) is 48.3 Å². The van der Waals surface area contributed by atoms with E-state index in [2.05, 4.69) is 27.3 Å². The average Bonchev–Trinajstić information content (AvgIpc) is 3.60. The van der Waals surface area contributed by atoms with Crippen LogP contribution in [0.3, 0.4) is 0 Å². The van der Waals surface area contributed by atoms with Crippen molar-refractivity contribution in [2.24, 2.45) is 18.1 Å². The van der Waals surface area contributed by atoms with Gasteiger partial charge >= 0.3 is 6.18 Å². The SMILES string of the molecule is C=CC=[N+]1C=C(c2cnc(C(=O)Nc3ccc(C(=O)N4CCN(C(=O)C5CCNCC5)CC4)c(Cl)c3)n2C)C(C(F)(F)F)=N1. The number of carbonyl (C=O) groups is 3. The second-order valence-corrected chi connectivity index (χ2v) is 11.0. The van der Waals surface area contributed by atoms with Gasteiger partial charge in [-0.3, -0.25) is 14.4 Å². The second-order valence-electron chi connectivity index (χ2n) is 10.6. The van der Waals surface area contributed by atoms with Gasteiger partial charge < -0.3 is 25.0 Å². The number of hydrogen-bond donors (Lipinski definition) is 2. The monoisotopic (exact) mass is 631 g/mol. The number of piperidine rings is 1. The molecule has 15 heteroatoms. The van der Waals surface area contributed by atoms with Crippen molar-refractivity contribution in [2.45, 2.75) is 19.0 Å². The molecule has 232 valence electrons. The number of benzene rings is 1. The van der Waals surface area contributed by atoms with E-state index in [0.717, 1.165) is 36.8 Å². The summed E-state index contributed by atoms with van der Waals surface area (Å²) in [4.78, 5) is 46.6. The van der Waals surface area contributed by atoms with E-state index >= 15 is 0 Å². The standard InChI is InChI=1S/C29H30ClF3N8O3/c1-3-10-41-17-21(24(37-41)29(31,32)33)23-16-35-25(38(23)2)26(42)36-19-4-5-20(22(30)15-19)28(44)40-13-11-39(12-14-40)27(43)18-6-8-34-9-7-18/h3-5,10,15-18,34H,1,6-9,11-14H2,2H3/p+1. The molecule has 44 heavy (non-hydrogen) atoms. The van der Waals surface area contributed by atoms with Crippen molar-refractivity contribution in [1.29, 1.82) is 0 Å². The van der Waals surface area contributed by atoms with E-state index in [4.69, 9.17) is 11.6 Å². The van der Waals surface area contributed by atoms with Gasteiger partial charge in [-0.1, -0.05) is 22.9 Å². The summed E-state index contributed by atoms with van der Waals surface area (Å²) in [7, 11) is 1.42. The van der Waals surface area contributed by atoms with Crippen LogP contribution >= 0.6 is 11.6 Å². The molecule has 2 aromatic rings. The molecule has 0 aliphatic carbocycles. The lowest BCUT2D eigenvalue weighted by molar-refractivity contribution is -0.452. The first-order valence-corrected chi connectivity index (χ1v) is 14.4. The Kier molecular flexibility index (Phi) is 9.02. The highest BCUT2D eigenvalue weighted by molar-refractivity contribution is 6.34. The molecule has 2 saturated heterocycles. The highest BCUT2D eigenvalue weighted by atomic mass is 35.5. The highest BCUT2D eigenvalue weighted by Gasteiger charge is 2.46. The van der Waals surface area contributed by atoms with Crippen LogP contribution in [0.4, 0.5) is 18.9 Å². The predicted molar refractivity (Wildman–Crippen MR) is 159 cm³/mol. The summed E-state index contributed by atoms with van der Waals surface area (Å²) in [5.41, 5.74) is -0.847. The minimum atomic E-state index is -4.74. The quantitative estimate of drug-likeness (QED) is 0.476. The van der Waals surface area contributed by atoms with Crippen molar-refractivity contribution in [2.75, 3.05) is 44.6 Å². The molecule has 2 N–H and O–H groups in total. The minimum Gasteiger partial charge on any atom is -0.339 e. The fourth-order valence-electron chi connectivity index (χ4n) is 5.42. The van der Waals surface area contributed by atoms with E-state index < -0.39 is 17.8 Å². The third-order valence-electron chi connectivity index (χ3n) is 7.75. The fraction of sp³-hybridized carbons (Fsp3) is 0.379. The molecule has 0 saturated carbocycles. The van der Waals surface area contributed by atoms with E-state index in [1.807, 2.05) is 4.90 Å². The van der Waals surface area contributed by atoms with Gasteiger partial charge in [0.15, 0.2) is 5.82 Å². The van der Waals surface area contributed by atoms with E-state index in [9.17, 15) is 27.6 Å². The number of carbonyl (C=O) groups excluding carboxylic acids is 3. The summed E-state index contributed by atoms with van der Waals surface area (Å²) in [6, 6.07) is 4.43. The number of rotatable bonds is 6. The molecule has 3 aliphatic heterocycles.